The molecule has 1 saturated heterocycles. The third kappa shape index (κ3) is 5.92. The van der Waals surface area contributed by atoms with Gasteiger partial charge in [-0.15, -0.1) is 10.2 Å². The molecule has 0 aliphatic carbocycles. The Bertz CT molecular complexity index is 849. The van der Waals surface area contributed by atoms with Crippen LogP contribution < -0.4 is 10.2 Å². The average Bonchev–Trinajstić information content (AvgIpc) is 3.11. The predicted octanol–water partition coefficient (Wildman–Crippen LogP) is 4.81. The van der Waals surface area contributed by atoms with Crippen LogP contribution in [-0.2, 0) is 9.53 Å². The largest absolute Gasteiger partial charge is 0.481 e. The highest BCUT2D eigenvalue weighted by atomic mass is 32.1. The third-order valence-electron chi connectivity index (χ3n) is 5.34. The molecule has 1 aliphatic rings. The monoisotopic (exact) mass is 432 g/mol. The molecular formula is C22H32N4O3S. The van der Waals surface area contributed by atoms with E-state index in [4.69, 9.17) is 4.74 Å². The van der Waals surface area contributed by atoms with Crippen LogP contribution in [0.2, 0.25) is 0 Å². The second kappa shape index (κ2) is 10.2. The number of carbonyl (C=O) groups is 1. The van der Waals surface area contributed by atoms with Gasteiger partial charge in [-0.1, -0.05) is 38.2 Å². The quantitative estimate of drug-likeness (QED) is 0.588. The molecule has 3 rings (SSSR count). The van der Waals surface area contributed by atoms with E-state index in [0.29, 0.717) is 12.0 Å². The van der Waals surface area contributed by atoms with Gasteiger partial charge in [0.25, 0.3) is 0 Å². The highest BCUT2D eigenvalue weighted by Gasteiger charge is 2.25. The molecule has 0 spiro atoms. The number of hydrogen-bond donors (Lipinski definition) is 2. The summed E-state index contributed by atoms with van der Waals surface area (Å²) in [4.78, 5) is 13.7. The maximum Gasteiger partial charge on any atom is 0.303 e. The zero-order valence-electron chi connectivity index (χ0n) is 18.2. The molecule has 164 valence electrons. The van der Waals surface area contributed by atoms with Gasteiger partial charge in [0.1, 0.15) is 5.01 Å². The summed E-state index contributed by atoms with van der Waals surface area (Å²) >= 11 is 1.51. The molecule has 1 fully saturated rings. The maximum absolute atomic E-state index is 11.2. The number of benzene rings is 1. The molecule has 2 heterocycles. The Morgan fingerprint density at radius 1 is 1.30 bits per heavy atom. The fourth-order valence-corrected chi connectivity index (χ4v) is 4.49. The van der Waals surface area contributed by atoms with Gasteiger partial charge < -0.3 is 20.1 Å². The molecule has 0 bridgehead atoms. The second-order valence-corrected chi connectivity index (χ2v) is 9.60. The van der Waals surface area contributed by atoms with Crippen molar-refractivity contribution in [2.45, 2.75) is 58.9 Å². The molecule has 2 aromatic rings. The first-order chi connectivity index (χ1) is 14.3. The summed E-state index contributed by atoms with van der Waals surface area (Å²) in [5.74, 6) is -0.352. The van der Waals surface area contributed by atoms with Gasteiger partial charge in [-0.05, 0) is 49.3 Å². The summed E-state index contributed by atoms with van der Waals surface area (Å²) in [7, 11) is 0. The Morgan fingerprint density at radius 2 is 2.03 bits per heavy atom. The van der Waals surface area contributed by atoms with E-state index in [2.05, 4.69) is 52.5 Å². The molecule has 0 saturated carbocycles. The highest BCUT2D eigenvalue weighted by molar-refractivity contribution is 7.15. The average molecular weight is 433 g/mol. The molecule has 1 aliphatic heterocycles. The number of nitrogens with one attached hydrogen (secondary N) is 1. The van der Waals surface area contributed by atoms with E-state index in [1.807, 2.05) is 13.8 Å². The molecule has 1 atom stereocenters. The molecule has 0 amide bonds. The van der Waals surface area contributed by atoms with E-state index in [1.54, 1.807) is 0 Å². The number of nitrogens with zero attached hydrogens (tertiary/aromatic N) is 3. The van der Waals surface area contributed by atoms with E-state index < -0.39 is 5.97 Å². The van der Waals surface area contributed by atoms with Gasteiger partial charge in [0.05, 0.1) is 17.8 Å². The van der Waals surface area contributed by atoms with Crippen molar-refractivity contribution >= 4 is 33.8 Å². The summed E-state index contributed by atoms with van der Waals surface area (Å²) in [5.41, 5.74) is 3.07. The lowest BCUT2D eigenvalue weighted by Gasteiger charge is -2.38. The number of aliphatic carboxylic acids is 1. The van der Waals surface area contributed by atoms with E-state index >= 15 is 0 Å². The number of aromatic nitrogens is 2. The molecule has 0 unspecified atom stereocenters. The topological polar surface area (TPSA) is 87.6 Å². The number of ether oxygens (including phenoxy) is 1. The van der Waals surface area contributed by atoms with Crippen molar-refractivity contribution in [2.75, 3.05) is 30.0 Å². The van der Waals surface area contributed by atoms with Crippen molar-refractivity contribution in [3.8, 4) is 0 Å². The molecule has 1 aromatic carbocycles. The van der Waals surface area contributed by atoms with Crippen LogP contribution in [0.5, 0.6) is 0 Å². The van der Waals surface area contributed by atoms with Gasteiger partial charge >= 0.3 is 5.97 Å². The highest BCUT2D eigenvalue weighted by Crippen LogP contribution is 2.36. The Morgan fingerprint density at radius 3 is 2.63 bits per heavy atom. The van der Waals surface area contributed by atoms with E-state index in [1.165, 1.54) is 11.3 Å². The summed E-state index contributed by atoms with van der Waals surface area (Å²) in [5, 5.41) is 22.7. The van der Waals surface area contributed by atoms with Crippen LogP contribution in [0.3, 0.4) is 0 Å². The van der Waals surface area contributed by atoms with Crippen LogP contribution in [0.1, 0.15) is 56.5 Å². The zero-order valence-corrected chi connectivity index (χ0v) is 19.0. The molecule has 7 nitrogen and oxygen atoms in total. The van der Waals surface area contributed by atoms with Crippen LogP contribution >= 0.6 is 11.3 Å². The molecule has 8 heteroatoms. The first-order valence-corrected chi connectivity index (χ1v) is 11.4. The molecular weight excluding hydrogens is 400 g/mol. The Kier molecular flexibility index (Phi) is 7.66. The van der Waals surface area contributed by atoms with Crippen molar-refractivity contribution in [1.82, 2.24) is 10.2 Å². The van der Waals surface area contributed by atoms with Crippen LogP contribution in [0.15, 0.2) is 18.2 Å². The van der Waals surface area contributed by atoms with E-state index in [-0.39, 0.29) is 12.3 Å². The summed E-state index contributed by atoms with van der Waals surface area (Å²) in [6, 6.07) is 6.68. The van der Waals surface area contributed by atoms with Gasteiger partial charge in [-0.2, -0.15) is 0 Å². The van der Waals surface area contributed by atoms with Gasteiger partial charge in [-0.25, -0.2) is 0 Å². The molecule has 1 aromatic heterocycles. The molecule has 2 N–H and O–H groups in total. The lowest BCUT2D eigenvalue weighted by Crippen LogP contribution is -2.42. The van der Waals surface area contributed by atoms with Gasteiger partial charge in [0.2, 0.25) is 5.13 Å². The normalized spacial score (nSPS) is 15.9. The zero-order chi connectivity index (χ0) is 21.7. The van der Waals surface area contributed by atoms with Gasteiger partial charge in [-0.3, -0.25) is 4.79 Å². The summed E-state index contributed by atoms with van der Waals surface area (Å²) < 4.78 is 5.59. The fourth-order valence-electron chi connectivity index (χ4n) is 3.89. The van der Waals surface area contributed by atoms with Crippen molar-refractivity contribution < 1.29 is 14.6 Å². The first-order valence-electron chi connectivity index (χ1n) is 10.6. The standard InChI is InChI=1S/C22H32N4O3S/c1-14(2)13-26(18-7-9-29-10-8-18)20-6-5-17(15(3)11-21(27)28)12-19(20)23-22-25-24-16(4)30-22/h5-6,12,14-15,18H,7-11,13H2,1-4H3,(H,23,25)(H,27,28)/t15-/m1/s1. The molecule has 30 heavy (non-hydrogen) atoms. The fraction of sp³-hybridized carbons (Fsp3) is 0.591. The number of carboxylic acid groups (broad SMARTS) is 1. The van der Waals surface area contributed by atoms with Crippen molar-refractivity contribution in [3.05, 3.63) is 28.8 Å². The predicted molar refractivity (Wildman–Crippen MR) is 121 cm³/mol. The minimum atomic E-state index is -0.788. The van der Waals surface area contributed by atoms with Crippen molar-refractivity contribution in [2.24, 2.45) is 5.92 Å². The number of hydrogen-bond acceptors (Lipinski definition) is 7. The number of rotatable bonds is 9. The Hall–Kier alpha value is -2.19. The van der Waals surface area contributed by atoms with Crippen LogP contribution in [0.25, 0.3) is 0 Å². The van der Waals surface area contributed by atoms with Crippen LogP contribution in [0, 0.1) is 12.8 Å². The molecule has 0 radical (unpaired) electrons. The van der Waals surface area contributed by atoms with E-state index in [9.17, 15) is 9.90 Å². The second-order valence-electron chi connectivity index (χ2n) is 8.42. The third-order valence-corrected chi connectivity index (χ3v) is 6.10. The minimum absolute atomic E-state index is 0.0742. The summed E-state index contributed by atoms with van der Waals surface area (Å²) in [6.45, 7) is 10.9. The van der Waals surface area contributed by atoms with Crippen molar-refractivity contribution in [3.63, 3.8) is 0 Å². The number of carboxylic acids is 1. The smallest absolute Gasteiger partial charge is 0.303 e. The number of anilines is 3. The van der Waals surface area contributed by atoms with E-state index in [0.717, 1.165) is 59.7 Å². The van der Waals surface area contributed by atoms with Gasteiger partial charge in [0, 0.05) is 25.8 Å². The maximum atomic E-state index is 11.2. The van der Waals surface area contributed by atoms with Gasteiger partial charge in [0.15, 0.2) is 0 Å². The van der Waals surface area contributed by atoms with Crippen LogP contribution in [0.4, 0.5) is 16.5 Å². The summed E-state index contributed by atoms with van der Waals surface area (Å²) in [6.07, 6.45) is 2.11. The minimum Gasteiger partial charge on any atom is -0.481 e. The van der Waals surface area contributed by atoms with Crippen molar-refractivity contribution in [1.29, 1.82) is 0 Å². The Labute approximate surface area is 182 Å². The number of aryl methyl sites for hydroxylation is 1. The lowest BCUT2D eigenvalue weighted by molar-refractivity contribution is -0.137. The Balaban J connectivity index is 1.99. The van der Waals surface area contributed by atoms with Crippen LogP contribution in [-0.4, -0.2) is 47.1 Å². The lowest BCUT2D eigenvalue weighted by atomic mass is 9.95. The first kappa shape index (κ1) is 22.5. The SMILES string of the molecule is Cc1nnc(Nc2cc([C@H](C)CC(=O)O)ccc2N(CC(C)C)C2CCOCC2)s1.